The van der Waals surface area contributed by atoms with Crippen LogP contribution in [0.2, 0.25) is 0 Å². The lowest BCUT2D eigenvalue weighted by Crippen LogP contribution is -2.08. The number of halogens is 2. The van der Waals surface area contributed by atoms with Crippen molar-refractivity contribution in [1.29, 1.82) is 0 Å². The number of carbonyl (C=O) groups excluding carboxylic acids is 1. The van der Waals surface area contributed by atoms with Crippen molar-refractivity contribution in [2.24, 2.45) is 0 Å². The quantitative estimate of drug-likeness (QED) is 0.220. The van der Waals surface area contributed by atoms with Gasteiger partial charge in [-0.1, -0.05) is 18.2 Å². The number of ether oxygens (including phenoxy) is 1. The van der Waals surface area contributed by atoms with Crippen molar-refractivity contribution in [3.8, 4) is 17.3 Å². The Morgan fingerprint density at radius 3 is 2.54 bits per heavy atom. The van der Waals surface area contributed by atoms with Crippen molar-refractivity contribution in [2.75, 3.05) is 17.2 Å². The van der Waals surface area contributed by atoms with Gasteiger partial charge in [0.2, 0.25) is 5.91 Å². The molecule has 1 amide bonds. The molecular weight excluding hydrogens is 532 g/mol. The molecule has 2 aromatic carbocycles. The SMILES string of the molecule is CCOc1cc(F)c(Cn2nc(-c3nc(Nc4ccnc(NC(C)=O)c4)cc([C@H](C)O)n3)c3ccccc32)c(F)c1. The maximum atomic E-state index is 14.9. The molecule has 0 fully saturated rings. The van der Waals surface area contributed by atoms with Crippen LogP contribution >= 0.6 is 0 Å². The summed E-state index contributed by atoms with van der Waals surface area (Å²) >= 11 is 0. The zero-order chi connectivity index (χ0) is 29.1. The first-order chi connectivity index (χ1) is 19.7. The van der Waals surface area contributed by atoms with Gasteiger partial charge in [-0.05, 0) is 26.0 Å². The number of aliphatic hydroxyl groups is 1. The van der Waals surface area contributed by atoms with Crippen molar-refractivity contribution >= 4 is 34.1 Å². The molecule has 0 aliphatic heterocycles. The number of nitrogens with one attached hydrogen (secondary N) is 2. The molecule has 0 unspecified atom stereocenters. The number of amides is 1. The molecule has 41 heavy (non-hydrogen) atoms. The first-order valence-electron chi connectivity index (χ1n) is 12.9. The molecule has 210 valence electrons. The monoisotopic (exact) mass is 559 g/mol. The molecule has 0 aliphatic carbocycles. The lowest BCUT2D eigenvalue weighted by molar-refractivity contribution is -0.114. The Morgan fingerprint density at radius 2 is 1.83 bits per heavy atom. The minimum atomic E-state index is -0.926. The van der Waals surface area contributed by atoms with Gasteiger partial charge in [-0.2, -0.15) is 5.10 Å². The number of anilines is 3. The highest BCUT2D eigenvalue weighted by atomic mass is 19.1. The molecule has 3 heterocycles. The number of aliphatic hydroxyl groups excluding tert-OH is 1. The maximum Gasteiger partial charge on any atom is 0.222 e. The van der Waals surface area contributed by atoms with Crippen LogP contribution in [0.3, 0.4) is 0 Å². The normalized spacial score (nSPS) is 11.9. The number of benzene rings is 2. The average Bonchev–Trinajstić information content (AvgIpc) is 3.29. The topological polar surface area (TPSA) is 127 Å². The van der Waals surface area contributed by atoms with Gasteiger partial charge in [0.15, 0.2) is 5.82 Å². The summed E-state index contributed by atoms with van der Waals surface area (Å²) in [6.07, 6.45) is 0.602. The zero-order valence-corrected chi connectivity index (χ0v) is 22.5. The van der Waals surface area contributed by atoms with E-state index in [9.17, 15) is 18.7 Å². The molecule has 3 aromatic heterocycles. The number of carbonyl (C=O) groups is 1. The highest BCUT2D eigenvalue weighted by Crippen LogP contribution is 2.30. The van der Waals surface area contributed by atoms with E-state index in [1.165, 1.54) is 17.8 Å². The van der Waals surface area contributed by atoms with Gasteiger partial charge in [0.1, 0.15) is 34.7 Å². The Hall–Kier alpha value is -4.97. The van der Waals surface area contributed by atoms with Crippen LogP contribution in [0.15, 0.2) is 60.8 Å². The number of hydrogen-bond acceptors (Lipinski definition) is 8. The smallest absolute Gasteiger partial charge is 0.222 e. The van der Waals surface area contributed by atoms with Crippen molar-refractivity contribution < 1.29 is 23.4 Å². The van der Waals surface area contributed by atoms with E-state index in [0.717, 1.165) is 12.1 Å². The third kappa shape index (κ3) is 6.12. The van der Waals surface area contributed by atoms with E-state index in [1.807, 2.05) is 12.1 Å². The molecule has 5 aromatic rings. The third-order valence-electron chi connectivity index (χ3n) is 6.11. The Labute approximate surface area is 234 Å². The molecule has 3 N–H and O–H groups in total. The molecular formula is C29H27F2N7O3. The number of aromatic nitrogens is 5. The summed E-state index contributed by atoms with van der Waals surface area (Å²) in [5.41, 5.74) is 1.73. The van der Waals surface area contributed by atoms with E-state index in [1.54, 1.807) is 44.2 Å². The Balaban J connectivity index is 1.56. The second kappa shape index (κ2) is 11.6. The summed E-state index contributed by atoms with van der Waals surface area (Å²) in [5, 5.41) is 21.4. The molecule has 0 bridgehead atoms. The van der Waals surface area contributed by atoms with Gasteiger partial charge in [-0.15, -0.1) is 0 Å². The summed E-state index contributed by atoms with van der Waals surface area (Å²) in [4.78, 5) is 24.7. The molecule has 5 rings (SSSR count). The summed E-state index contributed by atoms with van der Waals surface area (Å²) < 4.78 is 36.5. The first kappa shape index (κ1) is 27.6. The van der Waals surface area contributed by atoms with Crippen LogP contribution in [0.4, 0.5) is 26.1 Å². The largest absolute Gasteiger partial charge is 0.494 e. The molecule has 0 saturated heterocycles. The second-order valence-electron chi connectivity index (χ2n) is 9.24. The Kier molecular flexibility index (Phi) is 7.83. The van der Waals surface area contributed by atoms with Crippen molar-refractivity contribution in [2.45, 2.75) is 33.4 Å². The van der Waals surface area contributed by atoms with E-state index < -0.39 is 17.7 Å². The van der Waals surface area contributed by atoms with Gasteiger partial charge < -0.3 is 20.5 Å². The van der Waals surface area contributed by atoms with Crippen LogP contribution in [0, 0.1) is 11.6 Å². The molecule has 1 atom stereocenters. The number of para-hydroxylation sites is 1. The summed E-state index contributed by atoms with van der Waals surface area (Å²) in [6, 6.07) is 14.4. The van der Waals surface area contributed by atoms with Gasteiger partial charge in [0.05, 0.1) is 30.5 Å². The summed E-state index contributed by atoms with van der Waals surface area (Å²) in [7, 11) is 0. The lowest BCUT2D eigenvalue weighted by Gasteiger charge is -2.12. The molecule has 0 radical (unpaired) electrons. The van der Waals surface area contributed by atoms with E-state index >= 15 is 0 Å². The first-order valence-corrected chi connectivity index (χ1v) is 12.9. The van der Waals surface area contributed by atoms with Gasteiger partial charge in [-0.25, -0.2) is 23.7 Å². The minimum absolute atomic E-state index is 0.110. The highest BCUT2D eigenvalue weighted by molar-refractivity contribution is 5.92. The summed E-state index contributed by atoms with van der Waals surface area (Å²) in [5.74, 6) is -0.737. The highest BCUT2D eigenvalue weighted by Gasteiger charge is 2.20. The predicted molar refractivity (Wildman–Crippen MR) is 150 cm³/mol. The predicted octanol–water partition coefficient (Wildman–Crippen LogP) is 5.37. The molecule has 10 nitrogen and oxygen atoms in total. The number of pyridine rings is 1. The number of hydrogen-bond donors (Lipinski definition) is 3. The van der Waals surface area contributed by atoms with E-state index in [4.69, 9.17) is 4.74 Å². The van der Waals surface area contributed by atoms with Crippen LogP contribution in [0.25, 0.3) is 22.4 Å². The summed E-state index contributed by atoms with van der Waals surface area (Å²) in [6.45, 7) is 4.79. The van der Waals surface area contributed by atoms with Crippen molar-refractivity contribution in [1.82, 2.24) is 24.7 Å². The van der Waals surface area contributed by atoms with Gasteiger partial charge in [-0.3, -0.25) is 9.48 Å². The van der Waals surface area contributed by atoms with Crippen LogP contribution in [0.5, 0.6) is 5.75 Å². The van der Waals surface area contributed by atoms with Gasteiger partial charge >= 0.3 is 0 Å². The number of nitrogens with zero attached hydrogens (tertiary/aromatic N) is 5. The van der Waals surface area contributed by atoms with E-state index in [-0.39, 0.29) is 36.2 Å². The van der Waals surface area contributed by atoms with Crippen LogP contribution in [0.1, 0.15) is 38.1 Å². The lowest BCUT2D eigenvalue weighted by atomic mass is 10.1. The van der Waals surface area contributed by atoms with Gasteiger partial charge in [0, 0.05) is 54.0 Å². The fourth-order valence-corrected chi connectivity index (χ4v) is 4.30. The average molecular weight is 560 g/mol. The Morgan fingerprint density at radius 1 is 1.07 bits per heavy atom. The molecule has 0 spiro atoms. The fraction of sp³-hybridized carbons (Fsp3) is 0.207. The van der Waals surface area contributed by atoms with Crippen molar-refractivity contribution in [3.63, 3.8) is 0 Å². The minimum Gasteiger partial charge on any atom is -0.494 e. The zero-order valence-electron chi connectivity index (χ0n) is 22.5. The molecule has 12 heteroatoms. The third-order valence-corrected chi connectivity index (χ3v) is 6.11. The van der Waals surface area contributed by atoms with Crippen LogP contribution in [-0.2, 0) is 11.3 Å². The fourth-order valence-electron chi connectivity index (χ4n) is 4.30. The molecule has 0 saturated carbocycles. The van der Waals surface area contributed by atoms with Crippen molar-refractivity contribution in [3.05, 3.63) is 83.7 Å². The second-order valence-corrected chi connectivity index (χ2v) is 9.24. The van der Waals surface area contributed by atoms with E-state index in [2.05, 4.69) is 30.7 Å². The number of fused-ring (bicyclic) bond motifs is 1. The standard InChI is InChI=1S/C29H27F2N7O3/c1-4-41-19-12-22(30)21(23(31)13-19)15-38-25-8-6-5-7-20(25)28(37-38)29-35-24(16(2)39)14-27(36-29)34-18-9-10-32-26(11-18)33-17(3)40/h5-14,16,39H,4,15H2,1-3H3,(H2,32,33,34,35,36,40)/t16-/m0/s1. The number of rotatable bonds is 9. The van der Waals surface area contributed by atoms with E-state index in [0.29, 0.717) is 39.6 Å². The van der Waals surface area contributed by atoms with Gasteiger partial charge in [0.25, 0.3) is 0 Å². The van der Waals surface area contributed by atoms with Crippen LogP contribution < -0.4 is 15.4 Å². The van der Waals surface area contributed by atoms with Crippen LogP contribution in [-0.4, -0.2) is 42.4 Å². The Bertz CT molecular complexity index is 1720. The maximum absolute atomic E-state index is 14.9. The molecule has 0 aliphatic rings.